The number of nitrogens with zero attached hydrogens (tertiary/aromatic N) is 2. The number of aromatic nitrogens is 1. The SMILES string of the molecule is O=CCn1cc([N+](=O)[O-])ccc1=O. The van der Waals surface area contributed by atoms with E-state index in [4.69, 9.17) is 0 Å². The van der Waals surface area contributed by atoms with E-state index in [0.717, 1.165) is 22.9 Å². The molecule has 0 unspecified atom stereocenters. The van der Waals surface area contributed by atoms with Crippen LogP contribution < -0.4 is 5.56 Å². The molecule has 1 aromatic rings. The van der Waals surface area contributed by atoms with Gasteiger partial charge in [0, 0.05) is 12.1 Å². The maximum atomic E-state index is 11.0. The number of rotatable bonds is 3. The average molecular weight is 182 g/mol. The van der Waals surface area contributed by atoms with Crippen LogP contribution in [0.5, 0.6) is 0 Å². The van der Waals surface area contributed by atoms with E-state index in [0.29, 0.717) is 6.29 Å². The summed E-state index contributed by atoms with van der Waals surface area (Å²) in [7, 11) is 0. The molecule has 68 valence electrons. The molecule has 0 aliphatic heterocycles. The summed E-state index contributed by atoms with van der Waals surface area (Å²) in [5.74, 6) is 0. The first-order valence-electron chi connectivity index (χ1n) is 3.43. The van der Waals surface area contributed by atoms with E-state index in [-0.39, 0.29) is 12.2 Å². The molecule has 0 aromatic carbocycles. The molecule has 0 aliphatic rings. The summed E-state index contributed by atoms with van der Waals surface area (Å²) in [4.78, 5) is 30.7. The van der Waals surface area contributed by atoms with Gasteiger partial charge in [-0.3, -0.25) is 14.9 Å². The standard InChI is InChI=1S/C7H6N2O4/c10-4-3-8-5-6(9(12)13)1-2-7(8)11/h1-2,4-5H,3H2. The predicted molar refractivity (Wildman–Crippen MR) is 43.4 cm³/mol. The molecule has 6 heteroatoms. The van der Waals surface area contributed by atoms with Crippen molar-refractivity contribution in [3.63, 3.8) is 0 Å². The Morgan fingerprint density at radius 2 is 2.23 bits per heavy atom. The van der Waals surface area contributed by atoms with Crippen LogP contribution in [0, 0.1) is 10.1 Å². The average Bonchev–Trinajstić information content (AvgIpc) is 2.08. The van der Waals surface area contributed by atoms with Crippen molar-refractivity contribution in [2.24, 2.45) is 0 Å². The molecular formula is C7H6N2O4. The number of hydrogen-bond acceptors (Lipinski definition) is 4. The molecule has 0 radical (unpaired) electrons. The second-order valence-corrected chi connectivity index (χ2v) is 2.30. The van der Waals surface area contributed by atoms with Crippen molar-refractivity contribution in [3.05, 3.63) is 38.8 Å². The van der Waals surface area contributed by atoms with Gasteiger partial charge in [-0.15, -0.1) is 0 Å². The van der Waals surface area contributed by atoms with Crippen molar-refractivity contribution >= 4 is 12.0 Å². The highest BCUT2D eigenvalue weighted by atomic mass is 16.6. The van der Waals surface area contributed by atoms with Crippen molar-refractivity contribution in [1.29, 1.82) is 0 Å². The molecule has 0 N–H and O–H groups in total. The van der Waals surface area contributed by atoms with E-state index in [9.17, 15) is 19.7 Å². The van der Waals surface area contributed by atoms with Gasteiger partial charge in [0.05, 0.1) is 17.7 Å². The molecule has 1 heterocycles. The smallest absolute Gasteiger partial charge is 0.285 e. The molecule has 0 saturated heterocycles. The highest BCUT2D eigenvalue weighted by Crippen LogP contribution is 2.05. The van der Waals surface area contributed by atoms with Crippen LogP contribution in [0.1, 0.15) is 0 Å². The fourth-order valence-corrected chi connectivity index (χ4v) is 0.850. The molecule has 1 aromatic heterocycles. The zero-order valence-electron chi connectivity index (χ0n) is 6.54. The van der Waals surface area contributed by atoms with Gasteiger partial charge in [0.15, 0.2) is 0 Å². The number of aldehydes is 1. The van der Waals surface area contributed by atoms with E-state index < -0.39 is 10.5 Å². The van der Waals surface area contributed by atoms with Gasteiger partial charge in [-0.05, 0) is 0 Å². The maximum Gasteiger partial charge on any atom is 0.285 e. The van der Waals surface area contributed by atoms with Crippen molar-refractivity contribution < 1.29 is 9.72 Å². The third-order valence-electron chi connectivity index (χ3n) is 1.45. The summed E-state index contributed by atoms with van der Waals surface area (Å²) in [6.45, 7) is -0.166. The third kappa shape index (κ3) is 1.98. The van der Waals surface area contributed by atoms with Crippen LogP contribution >= 0.6 is 0 Å². The van der Waals surface area contributed by atoms with Crippen LogP contribution in [0.15, 0.2) is 23.1 Å². The molecule has 0 atom stereocenters. The molecule has 0 saturated carbocycles. The van der Waals surface area contributed by atoms with Crippen LogP contribution in [0.2, 0.25) is 0 Å². The van der Waals surface area contributed by atoms with Gasteiger partial charge in [-0.1, -0.05) is 0 Å². The second-order valence-electron chi connectivity index (χ2n) is 2.30. The van der Waals surface area contributed by atoms with Crippen LogP contribution in [-0.4, -0.2) is 15.8 Å². The molecule has 13 heavy (non-hydrogen) atoms. The molecule has 0 amide bonds. The van der Waals surface area contributed by atoms with Crippen LogP contribution in [0.4, 0.5) is 5.69 Å². The van der Waals surface area contributed by atoms with Crippen molar-refractivity contribution in [1.82, 2.24) is 4.57 Å². The Kier molecular flexibility index (Phi) is 2.53. The lowest BCUT2D eigenvalue weighted by atomic mass is 10.4. The van der Waals surface area contributed by atoms with Gasteiger partial charge < -0.3 is 9.36 Å². The van der Waals surface area contributed by atoms with E-state index in [1.165, 1.54) is 0 Å². The van der Waals surface area contributed by atoms with Crippen molar-refractivity contribution in [3.8, 4) is 0 Å². The first-order chi connectivity index (χ1) is 6.15. The Hall–Kier alpha value is -1.98. The predicted octanol–water partition coefficient (Wildman–Crippen LogP) is -0.0446. The highest BCUT2D eigenvalue weighted by molar-refractivity contribution is 5.49. The van der Waals surface area contributed by atoms with E-state index in [1.54, 1.807) is 0 Å². The number of pyridine rings is 1. The lowest BCUT2D eigenvalue weighted by molar-refractivity contribution is -0.385. The zero-order valence-corrected chi connectivity index (χ0v) is 6.54. The summed E-state index contributed by atoms with van der Waals surface area (Å²) in [5.41, 5.74) is -0.640. The summed E-state index contributed by atoms with van der Waals surface area (Å²) >= 11 is 0. The number of hydrogen-bond donors (Lipinski definition) is 0. The summed E-state index contributed by atoms with van der Waals surface area (Å²) < 4.78 is 0.977. The zero-order chi connectivity index (χ0) is 9.84. The van der Waals surface area contributed by atoms with Gasteiger partial charge >= 0.3 is 0 Å². The Balaban J connectivity index is 3.18. The second kappa shape index (κ2) is 3.61. The molecule has 0 spiro atoms. The minimum atomic E-state index is -0.624. The van der Waals surface area contributed by atoms with E-state index in [2.05, 4.69) is 0 Å². The minimum Gasteiger partial charge on any atom is -0.302 e. The topological polar surface area (TPSA) is 82.2 Å². The van der Waals surface area contributed by atoms with Crippen LogP contribution in [-0.2, 0) is 11.3 Å². The van der Waals surface area contributed by atoms with Gasteiger partial charge in [-0.25, -0.2) is 0 Å². The molecule has 0 bridgehead atoms. The molecule has 0 aliphatic carbocycles. The first-order valence-corrected chi connectivity index (χ1v) is 3.43. The normalized spacial score (nSPS) is 9.54. The summed E-state index contributed by atoms with van der Waals surface area (Å²) in [6, 6.07) is 2.16. The van der Waals surface area contributed by atoms with Crippen molar-refractivity contribution in [2.45, 2.75) is 6.54 Å². The maximum absolute atomic E-state index is 11.0. The Labute approximate surface area is 72.6 Å². The first kappa shape index (κ1) is 9.11. The summed E-state index contributed by atoms with van der Waals surface area (Å²) in [6.07, 6.45) is 1.54. The Bertz CT molecular complexity index is 396. The monoisotopic (exact) mass is 182 g/mol. The van der Waals surface area contributed by atoms with Crippen molar-refractivity contribution in [2.75, 3.05) is 0 Å². The van der Waals surface area contributed by atoms with Gasteiger partial charge in [0.25, 0.3) is 11.2 Å². The largest absolute Gasteiger partial charge is 0.302 e. The Morgan fingerprint density at radius 1 is 1.54 bits per heavy atom. The van der Waals surface area contributed by atoms with E-state index in [1.807, 2.05) is 0 Å². The van der Waals surface area contributed by atoms with Gasteiger partial charge in [-0.2, -0.15) is 0 Å². The van der Waals surface area contributed by atoms with Crippen LogP contribution in [0.3, 0.4) is 0 Å². The van der Waals surface area contributed by atoms with E-state index >= 15 is 0 Å². The fourth-order valence-electron chi connectivity index (χ4n) is 0.850. The molecule has 6 nitrogen and oxygen atoms in total. The number of carbonyl (C=O) groups excluding carboxylic acids is 1. The molecule has 0 fully saturated rings. The highest BCUT2D eigenvalue weighted by Gasteiger charge is 2.06. The van der Waals surface area contributed by atoms with Gasteiger partial charge in [0.2, 0.25) is 0 Å². The lowest BCUT2D eigenvalue weighted by Gasteiger charge is -1.98. The van der Waals surface area contributed by atoms with Gasteiger partial charge in [0.1, 0.15) is 6.29 Å². The molecular weight excluding hydrogens is 176 g/mol. The quantitative estimate of drug-likeness (QED) is 0.373. The fraction of sp³-hybridized carbons (Fsp3) is 0.143. The third-order valence-corrected chi connectivity index (χ3v) is 1.45. The Morgan fingerprint density at radius 3 is 2.77 bits per heavy atom. The lowest BCUT2D eigenvalue weighted by Crippen LogP contribution is -2.19. The minimum absolute atomic E-state index is 0.166. The van der Waals surface area contributed by atoms with Crippen LogP contribution in [0.25, 0.3) is 0 Å². The molecule has 1 rings (SSSR count). The summed E-state index contributed by atoms with van der Waals surface area (Å²) in [5, 5.41) is 10.3. The number of nitro groups is 1. The number of carbonyl (C=O) groups is 1.